The van der Waals surface area contributed by atoms with Gasteiger partial charge in [0, 0.05) is 25.5 Å². The van der Waals surface area contributed by atoms with Crippen LogP contribution in [0.5, 0.6) is 0 Å². The molecule has 0 bridgehead atoms. The van der Waals surface area contributed by atoms with Crippen LogP contribution in [0.1, 0.15) is 20.3 Å². The number of hydrogen-bond donors (Lipinski definition) is 2. The number of anilines is 2. The molecule has 1 aliphatic heterocycles. The standard InChI is InChI=1S/C13H20N8/c1-9(2)10-4-7-20(8-10)12-16-11(19-14)17-13(18-12)21-6-3-5-15-21/h3,5-6,9-10H,4,7-8,14H2,1-2H3,(H,16,17,18,19). The summed E-state index contributed by atoms with van der Waals surface area (Å²) < 4.78 is 1.60. The Labute approximate surface area is 123 Å². The minimum absolute atomic E-state index is 0.346. The summed E-state index contributed by atoms with van der Waals surface area (Å²) in [5.74, 6) is 8.25. The third-order valence-electron chi connectivity index (χ3n) is 3.90. The van der Waals surface area contributed by atoms with Gasteiger partial charge < -0.3 is 4.90 Å². The molecule has 2 aromatic rings. The second-order valence-corrected chi connectivity index (χ2v) is 5.59. The SMILES string of the molecule is CC(C)C1CCN(c2nc(NN)nc(-n3cccn3)n2)C1. The van der Waals surface area contributed by atoms with Crippen molar-refractivity contribution in [2.45, 2.75) is 20.3 Å². The van der Waals surface area contributed by atoms with E-state index >= 15 is 0 Å². The topological polar surface area (TPSA) is 97.8 Å². The van der Waals surface area contributed by atoms with E-state index in [1.165, 1.54) is 0 Å². The van der Waals surface area contributed by atoms with E-state index in [1.807, 2.05) is 6.07 Å². The van der Waals surface area contributed by atoms with Crippen molar-refractivity contribution >= 4 is 11.9 Å². The molecule has 1 aliphatic rings. The van der Waals surface area contributed by atoms with Gasteiger partial charge in [-0.25, -0.2) is 10.5 Å². The van der Waals surface area contributed by atoms with Crippen molar-refractivity contribution in [2.75, 3.05) is 23.4 Å². The van der Waals surface area contributed by atoms with Gasteiger partial charge in [0.05, 0.1) is 0 Å². The molecule has 1 saturated heterocycles. The smallest absolute Gasteiger partial charge is 0.257 e. The van der Waals surface area contributed by atoms with E-state index in [0.717, 1.165) is 19.5 Å². The number of hydrazine groups is 1. The Bertz CT molecular complexity index is 594. The maximum absolute atomic E-state index is 5.46. The van der Waals surface area contributed by atoms with Gasteiger partial charge in [-0.1, -0.05) is 13.8 Å². The van der Waals surface area contributed by atoms with Gasteiger partial charge in [0.25, 0.3) is 5.95 Å². The highest BCUT2D eigenvalue weighted by Crippen LogP contribution is 2.26. The number of nitrogens with zero attached hydrogens (tertiary/aromatic N) is 6. The number of nitrogens with two attached hydrogens (primary N) is 1. The van der Waals surface area contributed by atoms with Crippen molar-refractivity contribution in [1.29, 1.82) is 0 Å². The summed E-state index contributed by atoms with van der Waals surface area (Å²) in [6.07, 6.45) is 4.63. The van der Waals surface area contributed by atoms with E-state index < -0.39 is 0 Å². The summed E-state index contributed by atoms with van der Waals surface area (Å²) in [5, 5.41) is 4.15. The monoisotopic (exact) mass is 288 g/mol. The van der Waals surface area contributed by atoms with E-state index in [1.54, 1.807) is 17.1 Å². The van der Waals surface area contributed by atoms with Crippen molar-refractivity contribution in [2.24, 2.45) is 17.7 Å². The predicted octanol–water partition coefficient (Wildman–Crippen LogP) is 0.825. The van der Waals surface area contributed by atoms with E-state index in [9.17, 15) is 0 Å². The van der Waals surface area contributed by atoms with Crippen molar-refractivity contribution in [1.82, 2.24) is 24.7 Å². The van der Waals surface area contributed by atoms with Crippen LogP contribution in [0.4, 0.5) is 11.9 Å². The van der Waals surface area contributed by atoms with Crippen molar-refractivity contribution < 1.29 is 0 Å². The second-order valence-electron chi connectivity index (χ2n) is 5.59. The van der Waals surface area contributed by atoms with E-state index in [-0.39, 0.29) is 0 Å². The lowest BCUT2D eigenvalue weighted by Crippen LogP contribution is -2.25. The van der Waals surface area contributed by atoms with Gasteiger partial charge >= 0.3 is 0 Å². The van der Waals surface area contributed by atoms with Gasteiger partial charge in [0.1, 0.15) is 0 Å². The Morgan fingerprint density at radius 3 is 2.71 bits per heavy atom. The first-order valence-electron chi connectivity index (χ1n) is 7.15. The zero-order valence-corrected chi connectivity index (χ0v) is 12.3. The maximum atomic E-state index is 5.46. The number of hydrogen-bond acceptors (Lipinski definition) is 7. The molecule has 0 aromatic carbocycles. The molecular weight excluding hydrogens is 268 g/mol. The molecule has 3 N–H and O–H groups in total. The fourth-order valence-electron chi connectivity index (χ4n) is 2.56. The zero-order valence-electron chi connectivity index (χ0n) is 12.3. The molecule has 3 rings (SSSR count). The molecule has 0 spiro atoms. The quantitative estimate of drug-likeness (QED) is 0.635. The molecule has 0 saturated carbocycles. The fraction of sp³-hybridized carbons (Fsp3) is 0.538. The van der Waals surface area contributed by atoms with Crippen LogP contribution in [0.2, 0.25) is 0 Å². The van der Waals surface area contributed by atoms with Gasteiger partial charge in [0.15, 0.2) is 0 Å². The summed E-state index contributed by atoms with van der Waals surface area (Å²) in [5.41, 5.74) is 2.50. The minimum atomic E-state index is 0.346. The fourth-order valence-corrected chi connectivity index (χ4v) is 2.56. The normalized spacial score (nSPS) is 18.5. The summed E-state index contributed by atoms with van der Waals surface area (Å²) in [7, 11) is 0. The molecule has 2 aromatic heterocycles. The Balaban J connectivity index is 1.90. The first kappa shape index (κ1) is 13.7. The highest BCUT2D eigenvalue weighted by Gasteiger charge is 2.27. The van der Waals surface area contributed by atoms with Gasteiger partial charge in [0.2, 0.25) is 11.9 Å². The van der Waals surface area contributed by atoms with E-state index in [0.29, 0.717) is 29.7 Å². The Hall–Kier alpha value is -2.22. The first-order valence-corrected chi connectivity index (χ1v) is 7.15. The molecule has 8 nitrogen and oxygen atoms in total. The molecule has 21 heavy (non-hydrogen) atoms. The number of rotatable bonds is 4. The molecule has 0 radical (unpaired) electrons. The molecule has 112 valence electrons. The molecule has 3 heterocycles. The molecule has 0 aliphatic carbocycles. The largest absolute Gasteiger partial charge is 0.340 e. The lowest BCUT2D eigenvalue weighted by molar-refractivity contribution is 0.422. The number of nitrogen functional groups attached to an aromatic ring is 1. The Morgan fingerprint density at radius 2 is 2.10 bits per heavy atom. The van der Waals surface area contributed by atoms with Gasteiger partial charge in [-0.2, -0.15) is 20.1 Å². The first-order chi connectivity index (χ1) is 10.2. The third-order valence-corrected chi connectivity index (χ3v) is 3.90. The highest BCUT2D eigenvalue weighted by atomic mass is 15.4. The molecule has 1 atom stereocenters. The van der Waals surface area contributed by atoms with E-state index in [4.69, 9.17) is 5.84 Å². The molecular formula is C13H20N8. The lowest BCUT2D eigenvalue weighted by atomic mass is 9.95. The van der Waals surface area contributed by atoms with Crippen molar-refractivity contribution in [3.63, 3.8) is 0 Å². The summed E-state index contributed by atoms with van der Waals surface area (Å²) in [6.45, 7) is 6.42. The Morgan fingerprint density at radius 1 is 1.29 bits per heavy atom. The summed E-state index contributed by atoms with van der Waals surface area (Å²) in [6, 6.07) is 1.82. The number of nitrogens with one attached hydrogen (secondary N) is 1. The van der Waals surface area contributed by atoms with Crippen LogP contribution in [0.25, 0.3) is 5.95 Å². The molecule has 8 heteroatoms. The number of aromatic nitrogens is 5. The average Bonchev–Trinajstić information content (AvgIpc) is 3.18. The summed E-state index contributed by atoms with van der Waals surface area (Å²) in [4.78, 5) is 15.3. The molecule has 1 fully saturated rings. The average molecular weight is 288 g/mol. The zero-order chi connectivity index (χ0) is 14.8. The minimum Gasteiger partial charge on any atom is -0.340 e. The highest BCUT2D eigenvalue weighted by molar-refractivity contribution is 5.40. The second kappa shape index (κ2) is 5.65. The van der Waals surface area contributed by atoms with Crippen LogP contribution in [0.3, 0.4) is 0 Å². The summed E-state index contributed by atoms with van der Waals surface area (Å²) >= 11 is 0. The van der Waals surface area contributed by atoms with Crippen LogP contribution in [0.15, 0.2) is 18.5 Å². The predicted molar refractivity (Wildman–Crippen MR) is 79.9 cm³/mol. The van der Waals surface area contributed by atoms with Crippen molar-refractivity contribution in [3.8, 4) is 5.95 Å². The third kappa shape index (κ3) is 2.80. The molecule has 1 unspecified atom stereocenters. The van der Waals surface area contributed by atoms with Gasteiger partial charge in [-0.05, 0) is 24.3 Å². The van der Waals surface area contributed by atoms with Crippen LogP contribution in [0, 0.1) is 11.8 Å². The van der Waals surface area contributed by atoms with Crippen LogP contribution < -0.4 is 16.2 Å². The lowest BCUT2D eigenvalue weighted by Gasteiger charge is -2.18. The van der Waals surface area contributed by atoms with E-state index in [2.05, 4.69) is 44.2 Å². The van der Waals surface area contributed by atoms with Crippen LogP contribution in [-0.4, -0.2) is 37.8 Å². The van der Waals surface area contributed by atoms with Crippen molar-refractivity contribution in [3.05, 3.63) is 18.5 Å². The van der Waals surface area contributed by atoms with Gasteiger partial charge in [-0.15, -0.1) is 0 Å². The molecule has 0 amide bonds. The maximum Gasteiger partial charge on any atom is 0.257 e. The Kier molecular flexibility index (Phi) is 3.70. The van der Waals surface area contributed by atoms with Crippen LogP contribution >= 0.6 is 0 Å². The van der Waals surface area contributed by atoms with Crippen LogP contribution in [-0.2, 0) is 0 Å². The van der Waals surface area contributed by atoms with Gasteiger partial charge in [-0.3, -0.25) is 5.43 Å².